The van der Waals surface area contributed by atoms with Crippen LogP contribution in [0, 0.1) is 0 Å². The second kappa shape index (κ2) is 25.0. The molecule has 300 valence electrons. The number of cyclic esters (lactones) is 1. The van der Waals surface area contributed by atoms with Gasteiger partial charge in [-0.25, -0.2) is 4.79 Å². The van der Waals surface area contributed by atoms with E-state index < -0.39 is 5.97 Å². The molecule has 2 heterocycles. The maximum atomic E-state index is 13.9. The number of rotatable bonds is 30. The van der Waals surface area contributed by atoms with Gasteiger partial charge in [-0.3, -0.25) is 4.79 Å². The summed E-state index contributed by atoms with van der Waals surface area (Å²) in [6.45, 7) is 13.0. The van der Waals surface area contributed by atoms with Crippen molar-refractivity contribution >= 4 is 28.9 Å². The molecule has 2 aromatic carbocycles. The Hall–Kier alpha value is -3.28. The first-order valence-corrected chi connectivity index (χ1v) is 22.5. The molecule has 0 saturated carbocycles. The third-order valence-electron chi connectivity index (χ3n) is 11.4. The van der Waals surface area contributed by atoms with Gasteiger partial charge in [-0.1, -0.05) is 156 Å². The van der Waals surface area contributed by atoms with E-state index in [1.54, 1.807) is 0 Å². The lowest BCUT2D eigenvalue weighted by molar-refractivity contribution is 0.0710. The van der Waals surface area contributed by atoms with Gasteiger partial charge in [0.05, 0.1) is 11.1 Å². The van der Waals surface area contributed by atoms with E-state index >= 15 is 0 Å². The lowest BCUT2D eigenvalue weighted by Crippen LogP contribution is -2.26. The van der Waals surface area contributed by atoms with Crippen LogP contribution >= 0.6 is 0 Å². The zero-order chi connectivity index (χ0) is 38.4. The second-order valence-corrected chi connectivity index (χ2v) is 15.9. The van der Waals surface area contributed by atoms with Crippen LogP contribution in [-0.2, 0) is 4.74 Å². The van der Waals surface area contributed by atoms with Crippen LogP contribution in [-0.4, -0.2) is 37.9 Å². The largest absolute Gasteiger partial charge is 0.448 e. The number of unbranched alkanes of at least 4 members (excludes halogenated alkanes) is 20. The number of ether oxygens (including phenoxy) is 2. The monoisotopic (exact) mass is 743 g/mol. The van der Waals surface area contributed by atoms with Crippen molar-refractivity contribution in [1.29, 1.82) is 0 Å². The fourth-order valence-electron chi connectivity index (χ4n) is 7.95. The van der Waals surface area contributed by atoms with Crippen molar-refractivity contribution in [3.63, 3.8) is 0 Å². The Labute approximate surface area is 329 Å². The molecule has 0 atom stereocenters. The lowest BCUT2D eigenvalue weighted by atomic mass is 10.0. The minimum absolute atomic E-state index is 0.128. The van der Waals surface area contributed by atoms with Crippen LogP contribution in [0.3, 0.4) is 0 Å². The quantitative estimate of drug-likeness (QED) is 0.0451. The summed E-state index contributed by atoms with van der Waals surface area (Å²) in [5.41, 5.74) is 3.88. The Bertz CT molecular complexity index is 1420. The average Bonchev–Trinajstić information content (AvgIpc) is 3.69. The molecule has 0 unspecified atom stereocenters. The van der Waals surface area contributed by atoms with E-state index in [0.29, 0.717) is 22.4 Å². The SMILES string of the molecule is CCCCCCCCN(CCCCCCCC)c1ccc2c(c1)O/C(=C1\OC(=O)c3ccc(N(CCCCCCCC)CCCCCCCC)cc31)C2=O. The molecule has 0 spiro atoms. The van der Waals surface area contributed by atoms with E-state index in [2.05, 4.69) is 55.7 Å². The third kappa shape index (κ3) is 13.5. The van der Waals surface area contributed by atoms with Gasteiger partial charge >= 0.3 is 5.97 Å². The van der Waals surface area contributed by atoms with Crippen LogP contribution in [0.1, 0.15) is 208 Å². The second-order valence-electron chi connectivity index (χ2n) is 15.9. The minimum atomic E-state index is -0.422. The molecule has 0 aliphatic carbocycles. The minimum Gasteiger partial charge on any atom is -0.448 e. The smallest absolute Gasteiger partial charge is 0.344 e. The summed E-state index contributed by atoms with van der Waals surface area (Å²) in [6.07, 6.45) is 30.2. The molecule has 6 heteroatoms. The summed E-state index contributed by atoms with van der Waals surface area (Å²) in [6, 6.07) is 12.0. The number of benzene rings is 2. The summed E-state index contributed by atoms with van der Waals surface area (Å²) in [4.78, 5) is 32.0. The number of carbonyl (C=O) groups is 2. The highest BCUT2D eigenvalue weighted by molar-refractivity contribution is 6.18. The van der Waals surface area contributed by atoms with E-state index in [1.807, 2.05) is 18.2 Å². The molecule has 0 saturated heterocycles. The first kappa shape index (κ1) is 43.4. The maximum Gasteiger partial charge on any atom is 0.344 e. The maximum absolute atomic E-state index is 13.9. The number of fused-ring (bicyclic) bond motifs is 2. The van der Waals surface area contributed by atoms with Crippen molar-refractivity contribution in [3.05, 3.63) is 58.8 Å². The fraction of sp³-hybridized carbons (Fsp3) is 0.667. The molecule has 0 N–H and O–H groups in total. The van der Waals surface area contributed by atoms with Gasteiger partial charge in [0.25, 0.3) is 0 Å². The van der Waals surface area contributed by atoms with Crippen LogP contribution in [0.4, 0.5) is 11.4 Å². The Kier molecular flexibility index (Phi) is 20.1. The normalized spacial score (nSPS) is 14.7. The van der Waals surface area contributed by atoms with E-state index in [1.165, 1.54) is 128 Å². The Morgan fingerprint density at radius 1 is 0.407 bits per heavy atom. The molecule has 0 bridgehead atoms. The lowest BCUT2D eigenvalue weighted by Gasteiger charge is -2.25. The molecule has 0 aromatic heterocycles. The van der Waals surface area contributed by atoms with Crippen LogP contribution in [0.5, 0.6) is 5.75 Å². The standard InChI is InChI=1S/C48H74N2O4/c1-5-9-13-17-21-25-33-49(34-26-22-18-14-10-6-2)39-29-31-41-43(37-39)46(54-48(41)52)47-45(51)42-32-30-40(38-44(42)53-47)50(35-27-23-19-15-11-7-3)36-28-24-20-16-12-8-4/h29-32,37-38H,5-28,33-36H2,1-4H3/b47-46-. The van der Waals surface area contributed by atoms with Gasteiger partial charge in [0.15, 0.2) is 5.76 Å². The van der Waals surface area contributed by atoms with Crippen molar-refractivity contribution in [3.8, 4) is 5.75 Å². The number of esters is 1. The summed E-state index contributed by atoms with van der Waals surface area (Å²) < 4.78 is 12.2. The molecule has 2 aliphatic rings. The molecule has 54 heavy (non-hydrogen) atoms. The summed E-state index contributed by atoms with van der Waals surface area (Å²) >= 11 is 0. The van der Waals surface area contributed by atoms with Gasteiger partial charge in [-0.15, -0.1) is 0 Å². The zero-order valence-corrected chi connectivity index (χ0v) is 34.8. The van der Waals surface area contributed by atoms with Crippen LogP contribution < -0.4 is 14.5 Å². The highest BCUT2D eigenvalue weighted by Gasteiger charge is 2.38. The van der Waals surface area contributed by atoms with E-state index in [-0.39, 0.29) is 17.3 Å². The number of hydrogen-bond acceptors (Lipinski definition) is 6. The van der Waals surface area contributed by atoms with E-state index in [4.69, 9.17) is 9.47 Å². The van der Waals surface area contributed by atoms with Crippen molar-refractivity contribution in [2.75, 3.05) is 36.0 Å². The third-order valence-corrected chi connectivity index (χ3v) is 11.4. The number of allylic oxidation sites excluding steroid dienone is 1. The molecule has 0 amide bonds. The molecule has 4 rings (SSSR count). The number of nitrogens with zero attached hydrogens (tertiary/aromatic N) is 2. The van der Waals surface area contributed by atoms with Gasteiger partial charge in [0, 0.05) is 49.2 Å². The summed E-state index contributed by atoms with van der Waals surface area (Å²) in [7, 11) is 0. The Morgan fingerprint density at radius 3 is 1.24 bits per heavy atom. The zero-order valence-electron chi connectivity index (χ0n) is 34.8. The molecule has 0 radical (unpaired) electrons. The van der Waals surface area contributed by atoms with Crippen molar-refractivity contribution in [2.45, 2.75) is 182 Å². The first-order chi connectivity index (χ1) is 26.5. The number of ketones is 1. The molecule has 2 aliphatic heterocycles. The molecule has 0 fully saturated rings. The summed E-state index contributed by atoms with van der Waals surface area (Å²) in [5.74, 6) is 0.309. The number of Topliss-reactive ketones (excluding diaryl/α,β-unsaturated/α-hetero) is 1. The highest BCUT2D eigenvalue weighted by atomic mass is 16.6. The van der Waals surface area contributed by atoms with E-state index in [9.17, 15) is 9.59 Å². The van der Waals surface area contributed by atoms with Crippen molar-refractivity contribution in [2.24, 2.45) is 0 Å². The van der Waals surface area contributed by atoms with Gasteiger partial charge < -0.3 is 19.3 Å². The summed E-state index contributed by atoms with van der Waals surface area (Å²) in [5, 5.41) is 0. The van der Waals surface area contributed by atoms with Gasteiger partial charge in [-0.2, -0.15) is 0 Å². The Balaban J connectivity index is 1.51. The fourth-order valence-corrected chi connectivity index (χ4v) is 7.95. The van der Waals surface area contributed by atoms with Gasteiger partial charge in [0.1, 0.15) is 5.75 Å². The number of anilines is 2. The van der Waals surface area contributed by atoms with Crippen LogP contribution in [0.15, 0.2) is 42.2 Å². The predicted octanol–water partition coefficient (Wildman–Crippen LogP) is 13.9. The predicted molar refractivity (Wildman–Crippen MR) is 228 cm³/mol. The van der Waals surface area contributed by atoms with Gasteiger partial charge in [-0.05, 0) is 56.0 Å². The topological polar surface area (TPSA) is 59.1 Å². The van der Waals surface area contributed by atoms with E-state index in [0.717, 1.165) is 63.2 Å². The number of carbonyl (C=O) groups excluding carboxylic acids is 2. The number of hydrogen-bond donors (Lipinski definition) is 0. The van der Waals surface area contributed by atoms with Crippen molar-refractivity contribution in [1.82, 2.24) is 0 Å². The molecular weight excluding hydrogens is 669 g/mol. The Morgan fingerprint density at radius 2 is 0.796 bits per heavy atom. The molecular formula is C48H74N2O4. The highest BCUT2D eigenvalue weighted by Crippen LogP contribution is 2.42. The first-order valence-electron chi connectivity index (χ1n) is 22.5. The van der Waals surface area contributed by atoms with Crippen LogP contribution in [0.2, 0.25) is 0 Å². The molecule has 6 nitrogen and oxygen atoms in total. The van der Waals surface area contributed by atoms with Crippen LogP contribution in [0.25, 0.3) is 5.76 Å². The van der Waals surface area contributed by atoms with Crippen molar-refractivity contribution < 1.29 is 19.1 Å². The van der Waals surface area contributed by atoms with Gasteiger partial charge in [0.2, 0.25) is 11.5 Å². The molecule has 2 aromatic rings. The average molecular weight is 743 g/mol.